The lowest BCUT2D eigenvalue weighted by Gasteiger charge is -2.29. The Labute approximate surface area is 165 Å². The first-order valence-electron chi connectivity index (χ1n) is 8.63. The standard InChI is InChI=1S/C20H19BrN2O4/c1-2-27-20(26)14-4-3-5-16(11-14)22-18(24)12-23-17-8-7-15(21)10-13(17)6-9-19(23)25/h3-5,7-8,10-11H,2,6,9,12H2,1H3,(H,22,24). The highest BCUT2D eigenvalue weighted by molar-refractivity contribution is 9.10. The van der Waals surface area contributed by atoms with E-state index < -0.39 is 5.97 Å². The topological polar surface area (TPSA) is 75.7 Å². The van der Waals surface area contributed by atoms with E-state index >= 15 is 0 Å². The first kappa shape index (κ1) is 19.1. The number of hydrogen-bond acceptors (Lipinski definition) is 4. The van der Waals surface area contributed by atoms with Crippen LogP contribution in [0.25, 0.3) is 0 Å². The molecule has 6 nitrogen and oxygen atoms in total. The summed E-state index contributed by atoms with van der Waals surface area (Å²) >= 11 is 3.43. The van der Waals surface area contributed by atoms with Crippen molar-refractivity contribution in [1.82, 2.24) is 0 Å². The molecular weight excluding hydrogens is 412 g/mol. The third kappa shape index (κ3) is 4.54. The van der Waals surface area contributed by atoms with Gasteiger partial charge in [0.15, 0.2) is 0 Å². The normalized spacial score (nSPS) is 13.1. The van der Waals surface area contributed by atoms with Crippen molar-refractivity contribution in [2.24, 2.45) is 0 Å². The van der Waals surface area contributed by atoms with Gasteiger partial charge in [0.1, 0.15) is 6.54 Å². The Morgan fingerprint density at radius 2 is 2.00 bits per heavy atom. The maximum absolute atomic E-state index is 12.5. The highest BCUT2D eigenvalue weighted by atomic mass is 79.9. The van der Waals surface area contributed by atoms with Gasteiger partial charge in [0.25, 0.3) is 0 Å². The van der Waals surface area contributed by atoms with Crippen LogP contribution >= 0.6 is 15.9 Å². The Morgan fingerprint density at radius 1 is 1.19 bits per heavy atom. The number of carbonyl (C=O) groups excluding carboxylic acids is 3. The number of hydrogen-bond donors (Lipinski definition) is 1. The Balaban J connectivity index is 1.72. The zero-order chi connectivity index (χ0) is 19.4. The molecule has 7 heteroatoms. The van der Waals surface area contributed by atoms with Gasteiger partial charge in [0, 0.05) is 22.3 Å². The van der Waals surface area contributed by atoms with Gasteiger partial charge in [0.2, 0.25) is 11.8 Å². The number of nitrogens with one attached hydrogen (secondary N) is 1. The van der Waals surface area contributed by atoms with Crippen molar-refractivity contribution in [1.29, 1.82) is 0 Å². The second kappa shape index (κ2) is 8.35. The van der Waals surface area contributed by atoms with E-state index in [9.17, 15) is 14.4 Å². The fraction of sp³-hybridized carbons (Fsp3) is 0.250. The number of nitrogens with zero attached hydrogens (tertiary/aromatic N) is 1. The van der Waals surface area contributed by atoms with Gasteiger partial charge >= 0.3 is 5.97 Å². The summed E-state index contributed by atoms with van der Waals surface area (Å²) in [7, 11) is 0. The van der Waals surface area contributed by atoms with Gasteiger partial charge in [-0.1, -0.05) is 22.0 Å². The number of fused-ring (bicyclic) bond motifs is 1. The monoisotopic (exact) mass is 430 g/mol. The highest BCUT2D eigenvalue weighted by Gasteiger charge is 2.26. The largest absolute Gasteiger partial charge is 0.462 e. The molecule has 1 aliphatic heterocycles. The van der Waals surface area contributed by atoms with Crippen LogP contribution in [0, 0.1) is 0 Å². The summed E-state index contributed by atoms with van der Waals surface area (Å²) in [4.78, 5) is 38.1. The second-order valence-corrected chi connectivity index (χ2v) is 7.02. The lowest BCUT2D eigenvalue weighted by molar-refractivity contribution is -0.121. The molecule has 0 unspecified atom stereocenters. The van der Waals surface area contributed by atoms with Gasteiger partial charge in [-0.3, -0.25) is 9.59 Å². The molecule has 2 amide bonds. The van der Waals surface area contributed by atoms with Crippen molar-refractivity contribution in [3.63, 3.8) is 0 Å². The molecule has 0 aromatic heterocycles. The van der Waals surface area contributed by atoms with E-state index in [4.69, 9.17) is 4.74 Å². The molecule has 3 rings (SSSR count). The molecular formula is C20H19BrN2O4. The van der Waals surface area contributed by atoms with Crippen LogP contribution in [0.1, 0.15) is 29.3 Å². The summed E-state index contributed by atoms with van der Waals surface area (Å²) < 4.78 is 5.90. The molecule has 2 aromatic carbocycles. The molecule has 2 aromatic rings. The average molecular weight is 431 g/mol. The van der Waals surface area contributed by atoms with Gasteiger partial charge < -0.3 is 15.0 Å². The number of halogens is 1. The predicted octanol–water partition coefficient (Wildman–Crippen LogP) is 3.54. The van der Waals surface area contributed by atoms with Crippen LogP contribution in [-0.4, -0.2) is 30.9 Å². The fourth-order valence-electron chi connectivity index (χ4n) is 2.98. The molecule has 1 heterocycles. The van der Waals surface area contributed by atoms with Crippen LogP contribution < -0.4 is 10.2 Å². The molecule has 0 bridgehead atoms. The van der Waals surface area contributed by atoms with Crippen molar-refractivity contribution in [3.8, 4) is 0 Å². The quantitative estimate of drug-likeness (QED) is 0.735. The smallest absolute Gasteiger partial charge is 0.338 e. The van der Waals surface area contributed by atoms with Gasteiger partial charge in [-0.15, -0.1) is 0 Å². The van der Waals surface area contributed by atoms with E-state index in [-0.39, 0.29) is 25.0 Å². The van der Waals surface area contributed by atoms with Gasteiger partial charge in [-0.05, 0) is 55.3 Å². The van der Waals surface area contributed by atoms with E-state index in [0.717, 1.165) is 15.7 Å². The van der Waals surface area contributed by atoms with E-state index in [1.165, 1.54) is 4.90 Å². The summed E-state index contributed by atoms with van der Waals surface area (Å²) in [6.45, 7) is 1.93. The average Bonchev–Trinajstić information content (AvgIpc) is 2.64. The molecule has 1 N–H and O–H groups in total. The predicted molar refractivity (Wildman–Crippen MR) is 106 cm³/mol. The van der Waals surface area contributed by atoms with E-state index in [1.54, 1.807) is 31.2 Å². The molecule has 0 saturated heterocycles. The summed E-state index contributed by atoms with van der Waals surface area (Å²) in [6, 6.07) is 12.2. The summed E-state index contributed by atoms with van der Waals surface area (Å²) in [6.07, 6.45) is 1.03. The number of anilines is 2. The third-order valence-electron chi connectivity index (χ3n) is 4.20. The molecule has 0 spiro atoms. The number of carbonyl (C=O) groups is 3. The number of rotatable bonds is 5. The number of benzene rings is 2. The number of aryl methyl sites for hydroxylation is 1. The SMILES string of the molecule is CCOC(=O)c1cccc(NC(=O)CN2C(=O)CCc3cc(Br)ccc32)c1. The van der Waals surface area contributed by atoms with Crippen LogP contribution in [0.15, 0.2) is 46.9 Å². The number of esters is 1. The van der Waals surface area contributed by atoms with Crippen LogP contribution in [0.4, 0.5) is 11.4 Å². The Kier molecular flexibility index (Phi) is 5.91. The second-order valence-electron chi connectivity index (χ2n) is 6.10. The lowest BCUT2D eigenvalue weighted by atomic mass is 10.0. The fourth-order valence-corrected chi connectivity index (χ4v) is 3.39. The summed E-state index contributed by atoms with van der Waals surface area (Å²) in [5, 5.41) is 2.74. The van der Waals surface area contributed by atoms with Crippen LogP contribution in [0.5, 0.6) is 0 Å². The van der Waals surface area contributed by atoms with Crippen LogP contribution in [0.2, 0.25) is 0 Å². The molecule has 1 aliphatic rings. The molecule has 0 saturated carbocycles. The van der Waals surface area contributed by atoms with Crippen molar-refractivity contribution in [3.05, 3.63) is 58.1 Å². The molecule has 0 atom stereocenters. The Bertz CT molecular complexity index is 897. The highest BCUT2D eigenvalue weighted by Crippen LogP contribution is 2.30. The minimum Gasteiger partial charge on any atom is -0.462 e. The molecule has 0 radical (unpaired) electrons. The van der Waals surface area contributed by atoms with Crippen molar-refractivity contribution >= 4 is 45.1 Å². The zero-order valence-corrected chi connectivity index (χ0v) is 16.4. The minimum absolute atomic E-state index is 0.0831. The Morgan fingerprint density at radius 3 is 2.78 bits per heavy atom. The maximum Gasteiger partial charge on any atom is 0.338 e. The van der Waals surface area contributed by atoms with Crippen LogP contribution in [0.3, 0.4) is 0 Å². The van der Waals surface area contributed by atoms with Crippen molar-refractivity contribution in [2.45, 2.75) is 19.8 Å². The number of ether oxygens (including phenoxy) is 1. The molecule has 0 aliphatic carbocycles. The first-order valence-corrected chi connectivity index (χ1v) is 9.43. The minimum atomic E-state index is -0.445. The van der Waals surface area contributed by atoms with E-state index in [2.05, 4.69) is 21.2 Å². The molecule has 0 fully saturated rings. The summed E-state index contributed by atoms with van der Waals surface area (Å²) in [5.74, 6) is -0.861. The third-order valence-corrected chi connectivity index (χ3v) is 4.69. The molecule has 27 heavy (non-hydrogen) atoms. The lowest BCUT2D eigenvalue weighted by Crippen LogP contribution is -2.40. The van der Waals surface area contributed by atoms with Gasteiger partial charge in [-0.25, -0.2) is 4.79 Å². The molecule has 140 valence electrons. The zero-order valence-electron chi connectivity index (χ0n) is 14.8. The maximum atomic E-state index is 12.5. The Hall–Kier alpha value is -2.67. The van der Waals surface area contributed by atoms with Crippen molar-refractivity contribution in [2.75, 3.05) is 23.4 Å². The summed E-state index contributed by atoms with van der Waals surface area (Å²) in [5.41, 5.74) is 2.62. The van der Waals surface area contributed by atoms with Crippen molar-refractivity contribution < 1.29 is 19.1 Å². The van der Waals surface area contributed by atoms with E-state index in [0.29, 0.717) is 24.1 Å². The van der Waals surface area contributed by atoms with Crippen LogP contribution in [-0.2, 0) is 20.7 Å². The first-order chi connectivity index (χ1) is 13.0. The van der Waals surface area contributed by atoms with E-state index in [1.807, 2.05) is 18.2 Å². The number of amides is 2. The van der Waals surface area contributed by atoms with Gasteiger partial charge in [-0.2, -0.15) is 0 Å². The van der Waals surface area contributed by atoms with Gasteiger partial charge in [0.05, 0.1) is 12.2 Å².